The quantitative estimate of drug-likeness (QED) is 0.427. The first kappa shape index (κ1) is 28.0. The van der Waals surface area contributed by atoms with Crippen LogP contribution < -0.4 is 10.6 Å². The van der Waals surface area contributed by atoms with E-state index in [1.165, 1.54) is 4.90 Å². The third-order valence-electron chi connectivity index (χ3n) is 6.34. The number of aromatic hydroxyl groups is 1. The smallest absolute Gasteiger partial charge is 0.408 e. The lowest BCUT2D eigenvalue weighted by molar-refractivity contribution is -0.142. The topological polar surface area (TPSA) is 128 Å². The van der Waals surface area contributed by atoms with E-state index in [2.05, 4.69) is 10.6 Å². The molecule has 37 heavy (non-hydrogen) atoms. The first-order valence-corrected chi connectivity index (χ1v) is 12.4. The number of nitrogens with one attached hydrogen (secondary N) is 2. The fourth-order valence-corrected chi connectivity index (χ4v) is 4.22. The molecule has 0 spiro atoms. The van der Waals surface area contributed by atoms with E-state index < -0.39 is 42.2 Å². The highest BCUT2D eigenvalue weighted by atomic mass is 16.6. The molecule has 3 amide bonds. The van der Waals surface area contributed by atoms with Crippen LogP contribution in [0.25, 0.3) is 0 Å². The van der Waals surface area contributed by atoms with Gasteiger partial charge < -0.3 is 30.5 Å². The van der Waals surface area contributed by atoms with Crippen molar-refractivity contribution in [3.05, 3.63) is 59.2 Å². The summed E-state index contributed by atoms with van der Waals surface area (Å²) in [7, 11) is 0. The van der Waals surface area contributed by atoms with Gasteiger partial charge in [0.15, 0.2) is 0 Å². The van der Waals surface area contributed by atoms with Crippen molar-refractivity contribution in [3.63, 3.8) is 0 Å². The third kappa shape index (κ3) is 6.80. The molecule has 0 heterocycles. The zero-order valence-electron chi connectivity index (χ0n) is 22.2. The van der Waals surface area contributed by atoms with Crippen LogP contribution in [0.2, 0.25) is 0 Å². The Hall–Kier alpha value is -3.59. The number of aryl methyl sites for hydroxylation is 2. The van der Waals surface area contributed by atoms with Gasteiger partial charge in [0, 0.05) is 17.3 Å². The Morgan fingerprint density at radius 1 is 1.08 bits per heavy atom. The maximum absolute atomic E-state index is 13.9. The summed E-state index contributed by atoms with van der Waals surface area (Å²) in [6.07, 6.45) is -0.222. The molecule has 1 fully saturated rings. The average Bonchev–Trinajstić information content (AvgIpc) is 3.53. The van der Waals surface area contributed by atoms with Gasteiger partial charge in [-0.2, -0.15) is 0 Å². The molecule has 0 saturated heterocycles. The number of benzene rings is 2. The third-order valence-corrected chi connectivity index (χ3v) is 6.34. The number of amides is 3. The largest absolute Gasteiger partial charge is 0.507 e. The summed E-state index contributed by atoms with van der Waals surface area (Å²) in [5.74, 6) is -1.17. The fraction of sp³-hybridized carbons (Fsp3) is 0.464. The van der Waals surface area contributed by atoms with Crippen molar-refractivity contribution in [3.8, 4) is 5.75 Å². The highest BCUT2D eigenvalue weighted by Gasteiger charge is 2.48. The van der Waals surface area contributed by atoms with Crippen LogP contribution in [0, 0.1) is 19.8 Å². The molecule has 3 rings (SSSR count). The molecule has 4 N–H and O–H groups in total. The van der Waals surface area contributed by atoms with E-state index in [9.17, 15) is 24.6 Å². The molecule has 0 aromatic heterocycles. The molecule has 2 aromatic rings. The van der Waals surface area contributed by atoms with Crippen molar-refractivity contribution in [1.82, 2.24) is 10.2 Å². The van der Waals surface area contributed by atoms with E-state index in [1.807, 2.05) is 26.0 Å². The van der Waals surface area contributed by atoms with E-state index in [0.717, 1.165) is 5.56 Å². The van der Waals surface area contributed by atoms with Gasteiger partial charge in [-0.1, -0.05) is 43.3 Å². The Labute approximate surface area is 217 Å². The Bertz CT molecular complexity index is 1160. The average molecular weight is 512 g/mol. The number of phenols is 1. The van der Waals surface area contributed by atoms with Gasteiger partial charge in [-0.15, -0.1) is 0 Å². The number of nitrogens with zero attached hydrogens (tertiary/aromatic N) is 1. The summed E-state index contributed by atoms with van der Waals surface area (Å²) < 4.78 is 5.27. The lowest BCUT2D eigenvalue weighted by Crippen LogP contribution is -2.54. The normalized spacial score (nSPS) is 18.4. The highest BCUT2D eigenvalue weighted by Crippen LogP contribution is 2.43. The Morgan fingerprint density at radius 2 is 1.70 bits per heavy atom. The predicted molar refractivity (Wildman–Crippen MR) is 140 cm³/mol. The molecular formula is C28H37N3O6. The molecule has 4 atom stereocenters. The van der Waals surface area contributed by atoms with Gasteiger partial charge in [0.1, 0.15) is 23.4 Å². The van der Waals surface area contributed by atoms with Crippen molar-refractivity contribution in [2.24, 2.45) is 5.92 Å². The van der Waals surface area contributed by atoms with Crippen LogP contribution in [-0.2, 0) is 14.3 Å². The standard InChI is InChI=1S/C28H37N3O6/c1-16-10-7-8-13-20(16)29-25(34)23(19-12-9-11-17(2)24(19)33)31(22-14-18(22)3)26(35)21(15-32)30-27(36)37-28(4,5)6/h7-13,18,21-23,32-33H,14-15H2,1-6H3,(H,29,34)(H,30,36). The SMILES string of the molecule is Cc1ccccc1NC(=O)C(c1cccc(C)c1O)N(C(=O)C(CO)NC(=O)OC(C)(C)C)C1CC1C. The van der Waals surface area contributed by atoms with E-state index in [1.54, 1.807) is 58.0 Å². The van der Waals surface area contributed by atoms with Crippen LogP contribution in [0.5, 0.6) is 5.75 Å². The van der Waals surface area contributed by atoms with Crippen molar-refractivity contribution in [2.75, 3.05) is 11.9 Å². The van der Waals surface area contributed by atoms with E-state index in [4.69, 9.17) is 4.74 Å². The lowest BCUT2D eigenvalue weighted by atomic mass is 9.98. The number of rotatable bonds is 8. The zero-order chi connectivity index (χ0) is 27.5. The van der Waals surface area contributed by atoms with Crippen molar-refractivity contribution in [1.29, 1.82) is 0 Å². The summed E-state index contributed by atoms with van der Waals surface area (Å²) in [6, 6.07) is 9.40. The number of hydrogen-bond acceptors (Lipinski definition) is 6. The number of ether oxygens (including phenoxy) is 1. The minimum atomic E-state index is -1.34. The molecule has 200 valence electrons. The minimum Gasteiger partial charge on any atom is -0.507 e. The molecule has 1 aliphatic rings. The summed E-state index contributed by atoms with van der Waals surface area (Å²) in [6.45, 7) is 9.88. The second-order valence-corrected chi connectivity index (χ2v) is 10.6. The van der Waals surface area contributed by atoms with Gasteiger partial charge in [-0.05, 0) is 64.2 Å². The van der Waals surface area contributed by atoms with E-state index in [0.29, 0.717) is 17.7 Å². The van der Waals surface area contributed by atoms with Crippen LogP contribution in [0.1, 0.15) is 56.8 Å². The second-order valence-electron chi connectivity index (χ2n) is 10.6. The lowest BCUT2D eigenvalue weighted by Gasteiger charge is -2.35. The van der Waals surface area contributed by atoms with Crippen LogP contribution in [-0.4, -0.2) is 57.3 Å². The van der Waals surface area contributed by atoms with Gasteiger partial charge in [-0.3, -0.25) is 9.59 Å². The number of para-hydroxylation sites is 2. The summed E-state index contributed by atoms with van der Waals surface area (Å²) in [5, 5.41) is 26.3. The highest BCUT2D eigenvalue weighted by molar-refractivity contribution is 6.00. The number of anilines is 1. The van der Waals surface area contributed by atoms with Crippen LogP contribution in [0.3, 0.4) is 0 Å². The number of alkyl carbamates (subject to hydrolysis) is 1. The number of aliphatic hydroxyl groups is 1. The number of carbonyl (C=O) groups excluding carboxylic acids is 3. The van der Waals surface area contributed by atoms with E-state index in [-0.39, 0.29) is 23.3 Å². The maximum Gasteiger partial charge on any atom is 0.408 e. The Kier molecular flexibility index (Phi) is 8.48. The predicted octanol–water partition coefficient (Wildman–Crippen LogP) is 3.81. The van der Waals surface area contributed by atoms with Crippen molar-refractivity contribution < 1.29 is 29.3 Å². The molecule has 2 aromatic carbocycles. The molecule has 9 heteroatoms. The van der Waals surface area contributed by atoms with Crippen LogP contribution in [0.4, 0.5) is 10.5 Å². The molecule has 0 bridgehead atoms. The maximum atomic E-state index is 13.9. The molecule has 0 aliphatic heterocycles. The van der Waals surface area contributed by atoms with Crippen molar-refractivity contribution >= 4 is 23.6 Å². The zero-order valence-corrected chi connectivity index (χ0v) is 22.2. The first-order valence-electron chi connectivity index (χ1n) is 12.4. The second kappa shape index (κ2) is 11.2. The van der Waals surface area contributed by atoms with E-state index >= 15 is 0 Å². The fourth-order valence-electron chi connectivity index (χ4n) is 4.22. The van der Waals surface area contributed by atoms with Crippen LogP contribution >= 0.6 is 0 Å². The number of phenolic OH excluding ortho intramolecular Hbond substituents is 1. The molecule has 4 unspecified atom stereocenters. The Balaban J connectivity index is 2.04. The number of hydrogen-bond donors (Lipinski definition) is 4. The molecule has 9 nitrogen and oxygen atoms in total. The van der Waals surface area contributed by atoms with Gasteiger partial charge >= 0.3 is 6.09 Å². The Morgan fingerprint density at radius 3 is 2.27 bits per heavy atom. The summed E-state index contributed by atoms with van der Waals surface area (Å²) >= 11 is 0. The molecule has 1 aliphatic carbocycles. The molecule has 0 radical (unpaired) electrons. The summed E-state index contributed by atoms with van der Waals surface area (Å²) in [4.78, 5) is 41.5. The van der Waals surface area contributed by atoms with Gasteiger partial charge in [0.05, 0.1) is 6.61 Å². The first-order chi connectivity index (χ1) is 17.3. The molecular weight excluding hydrogens is 474 g/mol. The minimum absolute atomic E-state index is 0.0885. The van der Waals surface area contributed by atoms with Crippen molar-refractivity contribution in [2.45, 2.75) is 71.7 Å². The number of carbonyl (C=O) groups is 3. The van der Waals surface area contributed by atoms with Gasteiger partial charge in [0.2, 0.25) is 5.91 Å². The summed E-state index contributed by atoms with van der Waals surface area (Å²) in [5.41, 5.74) is 1.41. The monoisotopic (exact) mass is 511 g/mol. The van der Waals surface area contributed by atoms with Crippen LogP contribution in [0.15, 0.2) is 42.5 Å². The van der Waals surface area contributed by atoms with Gasteiger partial charge in [-0.25, -0.2) is 4.79 Å². The van der Waals surface area contributed by atoms with Gasteiger partial charge in [0.25, 0.3) is 5.91 Å². The molecule has 1 saturated carbocycles. The number of aliphatic hydroxyl groups excluding tert-OH is 1.